The zero-order valence-electron chi connectivity index (χ0n) is 16.4. The van der Waals surface area contributed by atoms with Crippen LogP contribution in [-0.4, -0.2) is 52.2 Å². The van der Waals surface area contributed by atoms with Crippen molar-refractivity contribution < 1.29 is 19.4 Å². The molecule has 0 atom stereocenters. The summed E-state index contributed by atoms with van der Waals surface area (Å²) in [5.74, 6) is -0.172. The van der Waals surface area contributed by atoms with E-state index in [1.54, 1.807) is 24.5 Å². The van der Waals surface area contributed by atoms with Gasteiger partial charge in [0, 0.05) is 41.8 Å². The van der Waals surface area contributed by atoms with Gasteiger partial charge >= 0.3 is 12.0 Å². The number of carbonyl (C=O) groups is 2. The van der Waals surface area contributed by atoms with Crippen LogP contribution in [0.15, 0.2) is 48.8 Å². The molecule has 3 rings (SSSR count). The summed E-state index contributed by atoms with van der Waals surface area (Å²) in [5.41, 5.74) is 1.61. The molecule has 1 aromatic heterocycles. The summed E-state index contributed by atoms with van der Waals surface area (Å²) >= 11 is 0. The van der Waals surface area contributed by atoms with Crippen LogP contribution in [0, 0.1) is 0 Å². The Kier molecular flexibility index (Phi) is 7.02. The third-order valence-electron chi connectivity index (χ3n) is 4.93. The van der Waals surface area contributed by atoms with Gasteiger partial charge in [-0.1, -0.05) is 19.1 Å². The molecule has 8 nitrogen and oxygen atoms in total. The number of carbonyl (C=O) groups excluding carboxylic acids is 1. The normalized spacial score (nSPS) is 18.0. The first-order valence-corrected chi connectivity index (χ1v) is 9.68. The highest BCUT2D eigenvalue weighted by Crippen LogP contribution is 2.26. The van der Waals surface area contributed by atoms with E-state index in [2.05, 4.69) is 15.6 Å². The fourth-order valence-electron chi connectivity index (χ4n) is 3.34. The smallest absolute Gasteiger partial charge is 0.319 e. The maximum atomic E-state index is 12.3. The lowest BCUT2D eigenvalue weighted by molar-refractivity contribution is -0.139. The molecule has 1 aliphatic rings. The molecule has 2 amide bonds. The maximum absolute atomic E-state index is 12.3. The van der Waals surface area contributed by atoms with Crippen LogP contribution in [0.3, 0.4) is 0 Å². The number of pyridine rings is 1. The number of likely N-dealkylation sites (N-methyl/N-ethyl adjacent to an activating group) is 1. The first-order valence-electron chi connectivity index (χ1n) is 9.68. The zero-order chi connectivity index (χ0) is 20.6. The van der Waals surface area contributed by atoms with E-state index < -0.39 is 5.97 Å². The lowest BCUT2D eigenvalue weighted by atomic mass is 9.85. The van der Waals surface area contributed by atoms with Gasteiger partial charge in [0.1, 0.15) is 12.4 Å². The van der Waals surface area contributed by atoms with Crippen LogP contribution >= 0.6 is 0 Å². The van der Waals surface area contributed by atoms with E-state index >= 15 is 0 Å². The quantitative estimate of drug-likeness (QED) is 0.600. The fraction of sp³-hybridized carbons (Fsp3) is 0.381. The average molecular weight is 398 g/mol. The summed E-state index contributed by atoms with van der Waals surface area (Å²) in [4.78, 5) is 29.1. The number of rotatable bonds is 9. The molecule has 29 heavy (non-hydrogen) atoms. The monoisotopic (exact) mass is 398 g/mol. The topological polar surface area (TPSA) is 104 Å². The van der Waals surface area contributed by atoms with E-state index in [9.17, 15) is 9.59 Å². The van der Waals surface area contributed by atoms with Crippen molar-refractivity contribution in [1.82, 2.24) is 15.2 Å². The highest BCUT2D eigenvalue weighted by atomic mass is 16.5. The molecule has 0 bridgehead atoms. The van der Waals surface area contributed by atoms with E-state index in [-0.39, 0.29) is 24.7 Å². The Bertz CT molecular complexity index is 824. The van der Waals surface area contributed by atoms with E-state index in [4.69, 9.17) is 9.84 Å². The highest BCUT2D eigenvalue weighted by Gasteiger charge is 2.34. The molecule has 0 spiro atoms. The second kappa shape index (κ2) is 9.88. The minimum Gasteiger partial charge on any atom is -0.489 e. The largest absolute Gasteiger partial charge is 0.489 e. The molecule has 1 aromatic carbocycles. The van der Waals surface area contributed by atoms with E-state index in [1.165, 1.54) is 0 Å². The van der Waals surface area contributed by atoms with Crippen molar-refractivity contribution >= 4 is 17.7 Å². The van der Waals surface area contributed by atoms with Gasteiger partial charge in [-0.3, -0.25) is 14.7 Å². The van der Waals surface area contributed by atoms with E-state index in [0.29, 0.717) is 24.6 Å². The maximum Gasteiger partial charge on any atom is 0.319 e. The summed E-state index contributed by atoms with van der Waals surface area (Å²) in [6, 6.07) is 11.0. The molecule has 1 aliphatic carbocycles. The number of anilines is 1. The van der Waals surface area contributed by atoms with Gasteiger partial charge in [0.15, 0.2) is 0 Å². The molecule has 0 aliphatic heterocycles. The van der Waals surface area contributed by atoms with Gasteiger partial charge in [-0.25, -0.2) is 4.79 Å². The molecule has 8 heteroatoms. The lowest BCUT2D eigenvalue weighted by Crippen LogP contribution is -2.55. The Labute approximate surface area is 169 Å². The van der Waals surface area contributed by atoms with Crippen LogP contribution in [-0.2, 0) is 11.4 Å². The number of nitrogens with one attached hydrogen (secondary N) is 2. The predicted octanol–water partition coefficient (Wildman–Crippen LogP) is 2.72. The van der Waals surface area contributed by atoms with E-state index in [1.807, 2.05) is 36.1 Å². The molecule has 1 fully saturated rings. The number of aromatic nitrogens is 1. The SMILES string of the molecule is CCN(CC(=O)O)C1CC(NC(=O)Nc2cccc(OCc3cccnc3)c2)C1. The summed E-state index contributed by atoms with van der Waals surface area (Å²) in [6.45, 7) is 3.06. The molecule has 0 saturated heterocycles. The van der Waals surface area contributed by atoms with Crippen LogP contribution in [0.2, 0.25) is 0 Å². The summed E-state index contributed by atoms with van der Waals surface area (Å²) in [7, 11) is 0. The predicted molar refractivity (Wildman–Crippen MR) is 109 cm³/mol. The Balaban J connectivity index is 1.43. The van der Waals surface area contributed by atoms with Crippen LogP contribution in [0.1, 0.15) is 25.3 Å². The Morgan fingerprint density at radius 1 is 1.28 bits per heavy atom. The fourth-order valence-corrected chi connectivity index (χ4v) is 3.34. The van der Waals surface area contributed by atoms with Crippen molar-refractivity contribution in [2.45, 2.75) is 38.5 Å². The molecule has 1 heterocycles. The van der Waals surface area contributed by atoms with Crippen molar-refractivity contribution in [3.05, 3.63) is 54.4 Å². The lowest BCUT2D eigenvalue weighted by Gasteiger charge is -2.42. The molecule has 0 unspecified atom stereocenters. The van der Waals surface area contributed by atoms with Gasteiger partial charge in [0.05, 0.1) is 6.54 Å². The first kappa shape index (κ1) is 20.6. The Morgan fingerprint density at radius 2 is 2.10 bits per heavy atom. The number of carboxylic acids is 1. The molecular weight excluding hydrogens is 372 g/mol. The van der Waals surface area contributed by atoms with Crippen LogP contribution < -0.4 is 15.4 Å². The van der Waals surface area contributed by atoms with Crippen molar-refractivity contribution in [3.63, 3.8) is 0 Å². The number of benzene rings is 1. The third-order valence-corrected chi connectivity index (χ3v) is 4.93. The first-order chi connectivity index (χ1) is 14.0. The number of carboxylic acid groups (broad SMARTS) is 1. The zero-order valence-corrected chi connectivity index (χ0v) is 16.4. The number of hydrogen-bond acceptors (Lipinski definition) is 5. The van der Waals surface area contributed by atoms with Gasteiger partial charge in [0.25, 0.3) is 0 Å². The number of aliphatic carboxylic acids is 1. The molecular formula is C21H26N4O4. The number of hydrogen-bond donors (Lipinski definition) is 3. The second-order valence-electron chi connectivity index (χ2n) is 7.06. The molecule has 154 valence electrons. The summed E-state index contributed by atoms with van der Waals surface area (Å²) in [6.07, 6.45) is 4.96. The van der Waals surface area contributed by atoms with Gasteiger partial charge in [-0.15, -0.1) is 0 Å². The van der Waals surface area contributed by atoms with Crippen molar-refractivity contribution in [2.24, 2.45) is 0 Å². The third kappa shape index (κ3) is 6.18. The minimum absolute atomic E-state index is 0.0337. The van der Waals surface area contributed by atoms with Crippen molar-refractivity contribution in [1.29, 1.82) is 0 Å². The molecule has 2 aromatic rings. The van der Waals surface area contributed by atoms with Crippen molar-refractivity contribution in [2.75, 3.05) is 18.4 Å². The molecule has 1 saturated carbocycles. The standard InChI is InChI=1S/C21H26N4O4/c1-2-25(13-20(26)27)18-9-17(10-18)24-21(28)23-16-6-3-7-19(11-16)29-14-15-5-4-8-22-12-15/h3-8,11-12,17-18H,2,9-10,13-14H2,1H3,(H,26,27)(H2,23,24,28). The number of nitrogens with zero attached hydrogens (tertiary/aromatic N) is 2. The van der Waals surface area contributed by atoms with Crippen LogP contribution in [0.25, 0.3) is 0 Å². The van der Waals surface area contributed by atoms with Gasteiger partial charge < -0.3 is 20.5 Å². The molecule has 3 N–H and O–H groups in total. The summed E-state index contributed by atoms with van der Waals surface area (Å²) in [5, 5.41) is 14.7. The number of ether oxygens (including phenoxy) is 1. The minimum atomic E-state index is -0.827. The highest BCUT2D eigenvalue weighted by molar-refractivity contribution is 5.89. The van der Waals surface area contributed by atoms with Crippen molar-refractivity contribution in [3.8, 4) is 5.75 Å². The van der Waals surface area contributed by atoms with Gasteiger partial charge in [-0.2, -0.15) is 0 Å². The van der Waals surface area contributed by atoms with Crippen LogP contribution in [0.5, 0.6) is 5.75 Å². The second-order valence-corrected chi connectivity index (χ2v) is 7.06. The van der Waals surface area contributed by atoms with Gasteiger partial charge in [-0.05, 0) is 37.6 Å². The number of amides is 2. The van der Waals surface area contributed by atoms with Crippen LogP contribution in [0.4, 0.5) is 10.5 Å². The Morgan fingerprint density at radius 3 is 2.79 bits per heavy atom. The average Bonchev–Trinajstić information content (AvgIpc) is 2.68. The Hall–Kier alpha value is -3.13. The molecule has 0 radical (unpaired) electrons. The van der Waals surface area contributed by atoms with E-state index in [0.717, 1.165) is 18.4 Å². The van der Waals surface area contributed by atoms with Gasteiger partial charge in [0.2, 0.25) is 0 Å². The number of urea groups is 1. The summed E-state index contributed by atoms with van der Waals surface area (Å²) < 4.78 is 5.75.